The van der Waals surface area contributed by atoms with Crippen molar-refractivity contribution in [2.45, 2.75) is 4.90 Å². The Labute approximate surface area is 159 Å². The third kappa shape index (κ3) is 3.66. The molecule has 3 aromatic rings. The van der Waals surface area contributed by atoms with E-state index in [9.17, 15) is 8.42 Å². The first-order chi connectivity index (χ1) is 13.0. The molecule has 27 heavy (non-hydrogen) atoms. The molecule has 4 rings (SSSR count). The van der Waals surface area contributed by atoms with Crippen LogP contribution in [0.2, 0.25) is 0 Å². The van der Waals surface area contributed by atoms with Crippen molar-refractivity contribution >= 4 is 10.0 Å². The first-order valence-corrected chi connectivity index (χ1v) is 10.3. The summed E-state index contributed by atoms with van der Waals surface area (Å²) in [5.41, 5.74) is 1.69. The van der Waals surface area contributed by atoms with Gasteiger partial charge in [-0.3, -0.25) is 0 Å². The Kier molecular flexibility index (Phi) is 4.82. The van der Waals surface area contributed by atoms with E-state index in [1.807, 2.05) is 37.4 Å². The van der Waals surface area contributed by atoms with Crippen LogP contribution in [0.25, 0.3) is 22.8 Å². The highest BCUT2D eigenvalue weighted by Crippen LogP contribution is 2.27. The van der Waals surface area contributed by atoms with Gasteiger partial charge in [0.05, 0.1) is 11.1 Å². The van der Waals surface area contributed by atoms with Crippen LogP contribution in [-0.4, -0.2) is 55.8 Å². The van der Waals surface area contributed by atoms with E-state index in [0.29, 0.717) is 29.6 Å². The average molecular weight is 383 g/mol. The van der Waals surface area contributed by atoms with Crippen LogP contribution in [-0.2, 0) is 10.0 Å². The molecule has 0 amide bonds. The number of piperazine rings is 1. The summed E-state index contributed by atoms with van der Waals surface area (Å²) < 4.78 is 33.0. The van der Waals surface area contributed by atoms with Crippen LogP contribution in [0.15, 0.2) is 70.1 Å². The lowest BCUT2D eigenvalue weighted by Gasteiger charge is -2.31. The zero-order valence-corrected chi connectivity index (χ0v) is 15.9. The van der Waals surface area contributed by atoms with Gasteiger partial charge in [0, 0.05) is 37.3 Å². The Morgan fingerprint density at radius 3 is 2.22 bits per heavy atom. The molecule has 0 unspecified atom stereocenters. The number of likely N-dealkylation sites (N-methyl/N-ethyl adjacent to an activating group) is 1. The third-order valence-corrected chi connectivity index (χ3v) is 6.68. The van der Waals surface area contributed by atoms with Gasteiger partial charge in [-0.25, -0.2) is 13.4 Å². The van der Waals surface area contributed by atoms with Gasteiger partial charge in [0.15, 0.2) is 5.76 Å². The van der Waals surface area contributed by atoms with Gasteiger partial charge in [-0.1, -0.05) is 30.3 Å². The topological polar surface area (TPSA) is 66.7 Å². The lowest BCUT2D eigenvalue weighted by Crippen LogP contribution is -2.46. The highest BCUT2D eigenvalue weighted by molar-refractivity contribution is 7.89. The molecule has 6 nitrogen and oxygen atoms in total. The second-order valence-corrected chi connectivity index (χ2v) is 8.57. The third-order valence-electron chi connectivity index (χ3n) is 4.77. The molecule has 0 bridgehead atoms. The van der Waals surface area contributed by atoms with Crippen molar-refractivity contribution in [1.29, 1.82) is 0 Å². The van der Waals surface area contributed by atoms with E-state index < -0.39 is 10.0 Å². The fourth-order valence-corrected chi connectivity index (χ4v) is 4.51. The van der Waals surface area contributed by atoms with Crippen molar-refractivity contribution in [2.24, 2.45) is 0 Å². The zero-order chi connectivity index (χ0) is 18.9. The Hall–Kier alpha value is -2.48. The summed E-state index contributed by atoms with van der Waals surface area (Å²) in [5.74, 6) is 1.15. The highest BCUT2D eigenvalue weighted by Gasteiger charge is 2.27. The number of aromatic nitrogens is 1. The van der Waals surface area contributed by atoms with Crippen molar-refractivity contribution in [3.63, 3.8) is 0 Å². The Morgan fingerprint density at radius 2 is 1.56 bits per heavy atom. The fraction of sp³-hybridized carbons (Fsp3) is 0.250. The van der Waals surface area contributed by atoms with Gasteiger partial charge in [-0.2, -0.15) is 4.31 Å². The number of sulfonamides is 1. The molecule has 0 N–H and O–H groups in total. The van der Waals surface area contributed by atoms with Gasteiger partial charge < -0.3 is 9.32 Å². The molecular weight excluding hydrogens is 362 g/mol. The van der Waals surface area contributed by atoms with E-state index in [1.54, 1.807) is 34.8 Å². The van der Waals surface area contributed by atoms with Gasteiger partial charge in [-0.15, -0.1) is 0 Å². The van der Waals surface area contributed by atoms with E-state index in [4.69, 9.17) is 4.42 Å². The monoisotopic (exact) mass is 383 g/mol. The summed E-state index contributed by atoms with van der Waals surface area (Å²) in [7, 11) is -1.47. The van der Waals surface area contributed by atoms with Crippen LogP contribution >= 0.6 is 0 Å². The van der Waals surface area contributed by atoms with Gasteiger partial charge in [0.1, 0.15) is 0 Å². The fourth-order valence-electron chi connectivity index (χ4n) is 3.09. The lowest BCUT2D eigenvalue weighted by molar-refractivity contribution is 0.222. The van der Waals surface area contributed by atoms with E-state index in [1.165, 1.54) is 0 Å². The van der Waals surface area contributed by atoms with Crippen LogP contribution < -0.4 is 0 Å². The summed E-state index contributed by atoms with van der Waals surface area (Å²) in [6.45, 7) is 2.52. The number of oxazole rings is 1. The minimum absolute atomic E-state index is 0.297. The molecule has 0 radical (unpaired) electrons. The molecule has 2 aromatic carbocycles. The smallest absolute Gasteiger partial charge is 0.243 e. The molecule has 0 saturated carbocycles. The predicted molar refractivity (Wildman–Crippen MR) is 104 cm³/mol. The molecule has 140 valence electrons. The van der Waals surface area contributed by atoms with Gasteiger partial charge in [0.25, 0.3) is 0 Å². The quantitative estimate of drug-likeness (QED) is 0.693. The maximum Gasteiger partial charge on any atom is 0.243 e. The number of hydrogen-bond donors (Lipinski definition) is 0. The molecule has 2 heterocycles. The van der Waals surface area contributed by atoms with E-state index in [0.717, 1.165) is 24.2 Å². The molecule has 0 aliphatic carbocycles. The zero-order valence-electron chi connectivity index (χ0n) is 15.1. The molecule has 0 spiro atoms. The van der Waals surface area contributed by atoms with E-state index in [-0.39, 0.29) is 0 Å². The Balaban J connectivity index is 1.55. The van der Waals surface area contributed by atoms with Crippen LogP contribution in [0, 0.1) is 0 Å². The maximum atomic E-state index is 12.8. The number of benzene rings is 2. The molecule has 1 saturated heterocycles. The minimum atomic E-state index is -3.47. The molecule has 7 heteroatoms. The van der Waals surface area contributed by atoms with Gasteiger partial charge >= 0.3 is 0 Å². The van der Waals surface area contributed by atoms with Crippen LogP contribution in [0.1, 0.15) is 0 Å². The second-order valence-electron chi connectivity index (χ2n) is 6.63. The summed E-state index contributed by atoms with van der Waals surface area (Å²) in [4.78, 5) is 6.74. The van der Waals surface area contributed by atoms with Crippen LogP contribution in [0.3, 0.4) is 0 Å². The SMILES string of the molecule is CN1CCN(S(=O)(=O)c2ccc(-c3ncc(-c4ccccc4)o3)cc2)CC1. The normalized spacial score (nSPS) is 16.5. The Bertz CT molecular complexity index is 1010. The molecule has 1 aliphatic rings. The molecule has 1 aliphatic heterocycles. The lowest BCUT2D eigenvalue weighted by atomic mass is 10.2. The number of nitrogens with zero attached hydrogens (tertiary/aromatic N) is 3. The summed E-state index contributed by atoms with van der Waals surface area (Å²) in [6, 6.07) is 16.5. The standard InChI is InChI=1S/C20H21N3O3S/c1-22-11-13-23(14-12-22)27(24,25)18-9-7-17(8-10-18)20-21-15-19(26-20)16-5-3-2-4-6-16/h2-10,15H,11-14H2,1H3. The van der Waals surface area contributed by atoms with Gasteiger partial charge in [0.2, 0.25) is 15.9 Å². The molecule has 1 fully saturated rings. The van der Waals surface area contributed by atoms with Crippen molar-refractivity contribution in [3.8, 4) is 22.8 Å². The Morgan fingerprint density at radius 1 is 0.889 bits per heavy atom. The second kappa shape index (κ2) is 7.26. The number of rotatable bonds is 4. The molecule has 1 aromatic heterocycles. The van der Waals surface area contributed by atoms with Crippen molar-refractivity contribution < 1.29 is 12.8 Å². The summed E-state index contributed by atoms with van der Waals surface area (Å²) in [6.07, 6.45) is 1.68. The minimum Gasteiger partial charge on any atom is -0.436 e. The van der Waals surface area contributed by atoms with Crippen molar-refractivity contribution in [1.82, 2.24) is 14.2 Å². The maximum absolute atomic E-state index is 12.8. The molecule has 0 atom stereocenters. The average Bonchev–Trinajstić information content (AvgIpc) is 3.19. The van der Waals surface area contributed by atoms with E-state index in [2.05, 4.69) is 9.88 Å². The van der Waals surface area contributed by atoms with Crippen molar-refractivity contribution in [3.05, 3.63) is 60.8 Å². The summed E-state index contributed by atoms with van der Waals surface area (Å²) in [5, 5.41) is 0. The molecular formula is C20H21N3O3S. The largest absolute Gasteiger partial charge is 0.436 e. The summed E-state index contributed by atoms with van der Waals surface area (Å²) >= 11 is 0. The highest BCUT2D eigenvalue weighted by atomic mass is 32.2. The van der Waals surface area contributed by atoms with Crippen LogP contribution in [0.4, 0.5) is 0 Å². The van der Waals surface area contributed by atoms with Gasteiger partial charge in [-0.05, 0) is 31.3 Å². The first kappa shape index (κ1) is 17.9. The van der Waals surface area contributed by atoms with Crippen molar-refractivity contribution in [2.75, 3.05) is 33.2 Å². The van der Waals surface area contributed by atoms with Crippen LogP contribution in [0.5, 0.6) is 0 Å². The van der Waals surface area contributed by atoms with E-state index >= 15 is 0 Å². The number of hydrogen-bond acceptors (Lipinski definition) is 5. The predicted octanol–water partition coefficient (Wildman–Crippen LogP) is 2.94. The first-order valence-electron chi connectivity index (χ1n) is 8.84.